The third-order valence-corrected chi connectivity index (χ3v) is 3.59. The van der Waals surface area contributed by atoms with Crippen LogP contribution in [0.2, 0.25) is 0 Å². The fourth-order valence-electron chi connectivity index (χ4n) is 1.63. The van der Waals surface area contributed by atoms with Gasteiger partial charge < -0.3 is 11.5 Å². The highest BCUT2D eigenvalue weighted by Gasteiger charge is 2.25. The number of carbonyl (C=O) groups is 1. The molecule has 1 heterocycles. The van der Waals surface area contributed by atoms with Gasteiger partial charge in [-0.1, -0.05) is 0 Å². The number of carbonyl (C=O) groups excluding carboxylic acids is 1. The highest BCUT2D eigenvalue weighted by atomic mass is 32.2. The molecule has 12 heavy (non-hydrogen) atoms. The van der Waals surface area contributed by atoms with Crippen molar-refractivity contribution in [2.24, 2.45) is 23.3 Å². The molecule has 0 aromatic carbocycles. The van der Waals surface area contributed by atoms with E-state index < -0.39 is 0 Å². The molecule has 3 nitrogen and oxygen atoms in total. The maximum Gasteiger partial charge on any atom is 0.217 e. The molecular weight excluding hydrogens is 172 g/mol. The Labute approximate surface area is 77.3 Å². The fraction of sp³-hybridized carbons (Fsp3) is 0.875. The SMILES string of the molecule is NCC(CC(N)=O)C1CCSC1. The lowest BCUT2D eigenvalue weighted by atomic mass is 9.89. The first kappa shape index (κ1) is 9.86. The number of amides is 1. The van der Waals surface area contributed by atoms with Crippen LogP contribution in [0.4, 0.5) is 0 Å². The van der Waals surface area contributed by atoms with Crippen molar-refractivity contribution < 1.29 is 4.79 Å². The monoisotopic (exact) mass is 188 g/mol. The molecule has 0 aromatic heterocycles. The van der Waals surface area contributed by atoms with E-state index in [9.17, 15) is 4.79 Å². The molecule has 70 valence electrons. The molecule has 0 aromatic rings. The summed E-state index contributed by atoms with van der Waals surface area (Å²) in [6.07, 6.45) is 1.65. The fourth-order valence-corrected chi connectivity index (χ4v) is 3.00. The number of hydrogen-bond acceptors (Lipinski definition) is 3. The molecule has 1 amide bonds. The van der Waals surface area contributed by atoms with E-state index >= 15 is 0 Å². The van der Waals surface area contributed by atoms with Gasteiger partial charge in [-0.15, -0.1) is 0 Å². The first-order valence-electron chi connectivity index (χ1n) is 4.30. The average Bonchev–Trinajstić information content (AvgIpc) is 2.51. The van der Waals surface area contributed by atoms with Gasteiger partial charge in [-0.05, 0) is 36.3 Å². The van der Waals surface area contributed by atoms with Crippen molar-refractivity contribution in [1.29, 1.82) is 0 Å². The maximum absolute atomic E-state index is 10.7. The third-order valence-electron chi connectivity index (χ3n) is 2.40. The Morgan fingerprint density at radius 1 is 1.67 bits per heavy atom. The smallest absolute Gasteiger partial charge is 0.217 e. The van der Waals surface area contributed by atoms with Gasteiger partial charge in [0.1, 0.15) is 0 Å². The van der Waals surface area contributed by atoms with Gasteiger partial charge in [0, 0.05) is 6.42 Å². The summed E-state index contributed by atoms with van der Waals surface area (Å²) < 4.78 is 0. The summed E-state index contributed by atoms with van der Waals surface area (Å²) in [6.45, 7) is 0.591. The number of rotatable bonds is 4. The molecule has 0 aliphatic carbocycles. The minimum absolute atomic E-state index is 0.220. The van der Waals surface area contributed by atoms with E-state index in [-0.39, 0.29) is 5.91 Å². The van der Waals surface area contributed by atoms with E-state index in [1.807, 2.05) is 11.8 Å². The molecule has 0 bridgehead atoms. The summed E-state index contributed by atoms with van der Waals surface area (Å²) in [7, 11) is 0. The van der Waals surface area contributed by atoms with Crippen molar-refractivity contribution in [2.75, 3.05) is 18.1 Å². The molecule has 2 atom stereocenters. The standard InChI is InChI=1S/C8H16N2OS/c9-4-7(3-8(10)11)6-1-2-12-5-6/h6-7H,1-5,9H2,(H2,10,11). The maximum atomic E-state index is 10.7. The minimum atomic E-state index is -0.220. The Morgan fingerprint density at radius 3 is 2.83 bits per heavy atom. The predicted molar refractivity (Wildman–Crippen MR) is 51.8 cm³/mol. The highest BCUT2D eigenvalue weighted by molar-refractivity contribution is 7.99. The Kier molecular flexibility index (Phi) is 3.88. The second kappa shape index (κ2) is 4.72. The largest absolute Gasteiger partial charge is 0.370 e. The van der Waals surface area contributed by atoms with Crippen LogP contribution in [-0.4, -0.2) is 24.0 Å². The second-order valence-corrected chi connectivity index (χ2v) is 4.44. The van der Waals surface area contributed by atoms with Crippen molar-refractivity contribution in [2.45, 2.75) is 12.8 Å². The van der Waals surface area contributed by atoms with Gasteiger partial charge in [-0.2, -0.15) is 11.8 Å². The third kappa shape index (κ3) is 2.68. The van der Waals surface area contributed by atoms with Crippen LogP contribution in [-0.2, 0) is 4.79 Å². The van der Waals surface area contributed by atoms with Crippen LogP contribution < -0.4 is 11.5 Å². The van der Waals surface area contributed by atoms with Gasteiger partial charge >= 0.3 is 0 Å². The van der Waals surface area contributed by atoms with E-state index in [4.69, 9.17) is 11.5 Å². The van der Waals surface area contributed by atoms with E-state index in [1.54, 1.807) is 0 Å². The summed E-state index contributed by atoms with van der Waals surface area (Å²) >= 11 is 1.95. The molecule has 4 heteroatoms. The normalized spacial score (nSPS) is 25.6. The van der Waals surface area contributed by atoms with Crippen LogP contribution in [0, 0.1) is 11.8 Å². The lowest BCUT2D eigenvalue weighted by Gasteiger charge is -2.19. The topological polar surface area (TPSA) is 69.1 Å². The summed E-state index contributed by atoms with van der Waals surface area (Å²) in [6, 6.07) is 0. The van der Waals surface area contributed by atoms with Crippen LogP contribution in [0.25, 0.3) is 0 Å². The van der Waals surface area contributed by atoms with Crippen molar-refractivity contribution >= 4 is 17.7 Å². The zero-order valence-electron chi connectivity index (χ0n) is 7.16. The molecule has 4 N–H and O–H groups in total. The van der Waals surface area contributed by atoms with Crippen LogP contribution in [0.3, 0.4) is 0 Å². The van der Waals surface area contributed by atoms with Gasteiger partial charge in [0.05, 0.1) is 0 Å². The molecular formula is C8H16N2OS. The quantitative estimate of drug-likeness (QED) is 0.661. The molecule has 1 aliphatic heterocycles. The molecule has 0 radical (unpaired) electrons. The number of hydrogen-bond donors (Lipinski definition) is 2. The van der Waals surface area contributed by atoms with Crippen LogP contribution in [0.5, 0.6) is 0 Å². The van der Waals surface area contributed by atoms with Gasteiger partial charge in [-0.3, -0.25) is 4.79 Å². The molecule has 2 unspecified atom stereocenters. The first-order valence-corrected chi connectivity index (χ1v) is 5.45. The highest BCUT2D eigenvalue weighted by Crippen LogP contribution is 2.30. The van der Waals surface area contributed by atoms with Gasteiger partial charge in [0.2, 0.25) is 5.91 Å². The number of primary amides is 1. The van der Waals surface area contributed by atoms with Crippen molar-refractivity contribution in [1.82, 2.24) is 0 Å². The van der Waals surface area contributed by atoms with E-state index in [0.717, 1.165) is 5.75 Å². The molecule has 1 aliphatic rings. The van der Waals surface area contributed by atoms with E-state index in [2.05, 4.69) is 0 Å². The second-order valence-electron chi connectivity index (χ2n) is 3.29. The van der Waals surface area contributed by atoms with Gasteiger partial charge in [0.15, 0.2) is 0 Å². The Hall–Kier alpha value is -0.220. The molecule has 0 spiro atoms. The minimum Gasteiger partial charge on any atom is -0.370 e. The Morgan fingerprint density at radius 2 is 2.42 bits per heavy atom. The van der Waals surface area contributed by atoms with Crippen LogP contribution >= 0.6 is 11.8 Å². The van der Waals surface area contributed by atoms with Crippen molar-refractivity contribution in [3.05, 3.63) is 0 Å². The van der Waals surface area contributed by atoms with E-state index in [1.165, 1.54) is 12.2 Å². The van der Waals surface area contributed by atoms with Crippen molar-refractivity contribution in [3.63, 3.8) is 0 Å². The Balaban J connectivity index is 2.37. The number of thioether (sulfide) groups is 1. The molecule has 0 saturated carbocycles. The van der Waals surface area contributed by atoms with Gasteiger partial charge in [-0.25, -0.2) is 0 Å². The average molecular weight is 188 g/mol. The lowest BCUT2D eigenvalue weighted by Crippen LogP contribution is -2.28. The first-order chi connectivity index (χ1) is 5.74. The molecule has 1 saturated heterocycles. The van der Waals surface area contributed by atoms with Gasteiger partial charge in [0.25, 0.3) is 0 Å². The predicted octanol–water partition coefficient (Wildman–Crippen LogP) is 0.190. The zero-order chi connectivity index (χ0) is 8.97. The Bertz CT molecular complexity index is 157. The van der Waals surface area contributed by atoms with Crippen LogP contribution in [0.1, 0.15) is 12.8 Å². The molecule has 1 rings (SSSR count). The number of nitrogens with two attached hydrogens (primary N) is 2. The van der Waals surface area contributed by atoms with E-state index in [0.29, 0.717) is 24.8 Å². The zero-order valence-corrected chi connectivity index (χ0v) is 7.98. The lowest BCUT2D eigenvalue weighted by molar-refractivity contribution is -0.119. The van der Waals surface area contributed by atoms with Crippen LogP contribution in [0.15, 0.2) is 0 Å². The van der Waals surface area contributed by atoms with Crippen molar-refractivity contribution in [3.8, 4) is 0 Å². The molecule has 1 fully saturated rings. The summed E-state index contributed by atoms with van der Waals surface area (Å²) in [5.41, 5.74) is 10.7. The summed E-state index contributed by atoms with van der Waals surface area (Å²) in [4.78, 5) is 10.7. The summed E-state index contributed by atoms with van der Waals surface area (Å²) in [5, 5.41) is 0. The summed E-state index contributed by atoms with van der Waals surface area (Å²) in [5.74, 6) is 3.07.